The van der Waals surface area contributed by atoms with Crippen molar-refractivity contribution in [2.75, 3.05) is 0 Å². The van der Waals surface area contributed by atoms with Crippen LogP contribution in [-0.2, 0) is 0 Å². The van der Waals surface area contributed by atoms with Gasteiger partial charge in [-0.05, 0) is 60.5 Å². The van der Waals surface area contributed by atoms with Crippen molar-refractivity contribution in [1.29, 1.82) is 0 Å². The highest BCUT2D eigenvalue weighted by molar-refractivity contribution is 9.10. The maximum Gasteiger partial charge on any atom is 0.417 e. The van der Waals surface area contributed by atoms with E-state index >= 15 is 0 Å². The molecule has 0 amide bonds. The van der Waals surface area contributed by atoms with E-state index in [0.717, 1.165) is 16.6 Å². The Labute approximate surface area is 155 Å². The molecule has 0 saturated carbocycles. The van der Waals surface area contributed by atoms with Gasteiger partial charge >= 0.3 is 6.18 Å². The van der Waals surface area contributed by atoms with Crippen molar-refractivity contribution in [3.05, 3.63) is 73.7 Å². The van der Waals surface area contributed by atoms with E-state index in [1.807, 2.05) is 0 Å². The van der Waals surface area contributed by atoms with Crippen LogP contribution in [0, 0.1) is 6.92 Å². The van der Waals surface area contributed by atoms with Crippen LogP contribution in [0.5, 0.6) is 0 Å². The summed E-state index contributed by atoms with van der Waals surface area (Å²) in [6.45, 7) is 1.65. The first-order valence-electron chi connectivity index (χ1n) is 6.64. The number of carbonyl (C=O) groups is 1. The minimum Gasteiger partial charge on any atom is -0.289 e. The first kappa shape index (κ1) is 19.0. The zero-order valence-corrected chi connectivity index (χ0v) is 15.3. The molecule has 7 heteroatoms. The van der Waals surface area contributed by atoms with Gasteiger partial charge in [-0.1, -0.05) is 39.1 Å². The molecule has 0 aliphatic heterocycles. The second-order valence-corrected chi connectivity index (χ2v) is 6.83. The van der Waals surface area contributed by atoms with E-state index in [2.05, 4.69) is 15.9 Å². The molecule has 0 N–H and O–H groups in total. The van der Waals surface area contributed by atoms with E-state index in [0.29, 0.717) is 11.6 Å². The third-order valence-electron chi connectivity index (χ3n) is 3.21. The number of hydrogen-bond donors (Lipinski definition) is 0. The van der Waals surface area contributed by atoms with Gasteiger partial charge in [0.1, 0.15) is 0 Å². The van der Waals surface area contributed by atoms with Crippen LogP contribution in [0.1, 0.15) is 21.5 Å². The minimum atomic E-state index is -4.73. The van der Waals surface area contributed by atoms with E-state index in [1.165, 1.54) is 12.1 Å². The Morgan fingerprint density at radius 3 is 2.17 bits per heavy atom. The highest BCUT2D eigenvalue weighted by Crippen LogP contribution is 2.36. The third kappa shape index (κ3) is 4.62. The van der Waals surface area contributed by atoms with Gasteiger partial charge in [0.15, 0.2) is 5.78 Å². The smallest absolute Gasteiger partial charge is 0.289 e. The molecule has 2 aromatic rings. The second-order valence-electron chi connectivity index (χ2n) is 5.04. The Morgan fingerprint density at radius 1 is 1.08 bits per heavy atom. The van der Waals surface area contributed by atoms with Crippen LogP contribution < -0.4 is 0 Å². The fourth-order valence-electron chi connectivity index (χ4n) is 2.15. The van der Waals surface area contributed by atoms with Crippen molar-refractivity contribution in [1.82, 2.24) is 0 Å². The molecule has 0 radical (unpaired) electrons. The molecule has 0 heterocycles. The van der Waals surface area contributed by atoms with E-state index in [9.17, 15) is 18.0 Å². The molecule has 2 rings (SSSR count). The van der Waals surface area contributed by atoms with Crippen molar-refractivity contribution in [2.24, 2.45) is 0 Å². The molecule has 0 bridgehead atoms. The monoisotopic (exact) mass is 436 g/mol. The molecule has 0 unspecified atom stereocenters. The number of halogens is 6. The number of carbonyl (C=O) groups excluding carboxylic acids is 1. The average Bonchev–Trinajstić information content (AvgIpc) is 2.42. The van der Waals surface area contributed by atoms with Gasteiger partial charge in [-0.3, -0.25) is 4.79 Å². The molecular weight excluding hydrogens is 428 g/mol. The van der Waals surface area contributed by atoms with Crippen molar-refractivity contribution in [2.45, 2.75) is 13.1 Å². The molecule has 0 aliphatic carbocycles. The number of alkyl halides is 3. The van der Waals surface area contributed by atoms with Crippen LogP contribution in [0.3, 0.4) is 0 Å². The Kier molecular flexibility index (Phi) is 5.78. The second kappa shape index (κ2) is 7.30. The number of aryl methyl sites for hydroxylation is 1. The van der Waals surface area contributed by atoms with E-state index < -0.39 is 17.5 Å². The summed E-state index contributed by atoms with van der Waals surface area (Å²) >= 11 is 14.8. The minimum absolute atomic E-state index is 0.0555. The van der Waals surface area contributed by atoms with Crippen molar-refractivity contribution in [3.63, 3.8) is 0 Å². The van der Waals surface area contributed by atoms with Crippen LogP contribution in [0.15, 0.2) is 46.9 Å². The van der Waals surface area contributed by atoms with Crippen LogP contribution >= 0.6 is 39.1 Å². The predicted octanol–water partition coefficient (Wildman–Crippen LogP) is 6.89. The van der Waals surface area contributed by atoms with Gasteiger partial charge in [0, 0.05) is 20.1 Å². The number of benzene rings is 2. The van der Waals surface area contributed by atoms with Crippen LogP contribution in [0.2, 0.25) is 10.0 Å². The highest BCUT2D eigenvalue weighted by Gasteiger charge is 2.35. The summed E-state index contributed by atoms with van der Waals surface area (Å²) in [5.74, 6) is -0.747. The molecule has 126 valence electrons. The largest absolute Gasteiger partial charge is 0.417 e. The van der Waals surface area contributed by atoms with Gasteiger partial charge < -0.3 is 0 Å². The summed E-state index contributed by atoms with van der Waals surface area (Å²) in [6.07, 6.45) is -4.16. The zero-order chi connectivity index (χ0) is 18.1. The Morgan fingerprint density at radius 2 is 1.67 bits per heavy atom. The molecule has 0 saturated heterocycles. The van der Waals surface area contributed by atoms with Gasteiger partial charge in [-0.15, -0.1) is 0 Å². The maximum atomic E-state index is 13.4. The molecule has 0 aromatic heterocycles. The van der Waals surface area contributed by atoms with Gasteiger partial charge in [0.25, 0.3) is 0 Å². The maximum absolute atomic E-state index is 13.4. The lowest BCUT2D eigenvalue weighted by Crippen LogP contribution is -2.13. The third-order valence-corrected chi connectivity index (χ3v) is 4.14. The molecule has 0 spiro atoms. The van der Waals surface area contributed by atoms with Gasteiger partial charge in [-0.25, -0.2) is 0 Å². The van der Waals surface area contributed by atoms with E-state index in [4.69, 9.17) is 23.2 Å². The van der Waals surface area contributed by atoms with Crippen LogP contribution in [0.25, 0.3) is 5.57 Å². The Balaban J connectivity index is 2.55. The van der Waals surface area contributed by atoms with Gasteiger partial charge in [-0.2, -0.15) is 13.2 Å². The fourth-order valence-corrected chi connectivity index (χ4v) is 3.15. The summed E-state index contributed by atoms with van der Waals surface area (Å²) in [5.41, 5.74) is -0.605. The molecule has 0 aliphatic rings. The molecule has 0 atom stereocenters. The van der Waals surface area contributed by atoms with Gasteiger partial charge in [0.05, 0.1) is 5.57 Å². The lowest BCUT2D eigenvalue weighted by Gasteiger charge is -2.13. The van der Waals surface area contributed by atoms with E-state index in [-0.39, 0.29) is 21.2 Å². The Hall–Kier alpha value is -1.30. The molecular formula is C17H10BrCl2F3O. The summed E-state index contributed by atoms with van der Waals surface area (Å²) in [5, 5.41) is 0.111. The van der Waals surface area contributed by atoms with Gasteiger partial charge in [0.2, 0.25) is 0 Å². The van der Waals surface area contributed by atoms with E-state index in [1.54, 1.807) is 19.1 Å². The quantitative estimate of drug-likeness (QED) is 0.377. The summed E-state index contributed by atoms with van der Waals surface area (Å²) in [6, 6.07) is 8.28. The summed E-state index contributed by atoms with van der Waals surface area (Å²) in [4.78, 5) is 12.3. The summed E-state index contributed by atoms with van der Waals surface area (Å²) < 4.78 is 40.9. The topological polar surface area (TPSA) is 17.1 Å². The SMILES string of the molecule is Cc1cc(Br)ccc1C(=O)/C=C(\c1cc(Cl)cc(Cl)c1)C(F)(F)F. The number of rotatable bonds is 3. The van der Waals surface area contributed by atoms with Crippen LogP contribution in [0.4, 0.5) is 13.2 Å². The molecule has 0 fully saturated rings. The lowest BCUT2D eigenvalue weighted by molar-refractivity contribution is -0.0689. The summed E-state index contributed by atoms with van der Waals surface area (Å²) in [7, 11) is 0. The number of allylic oxidation sites excluding steroid dienone is 2. The highest BCUT2D eigenvalue weighted by atomic mass is 79.9. The predicted molar refractivity (Wildman–Crippen MR) is 93.7 cm³/mol. The van der Waals surface area contributed by atoms with Crippen LogP contribution in [-0.4, -0.2) is 12.0 Å². The average molecular weight is 438 g/mol. The Bertz CT molecular complexity index is 809. The lowest BCUT2D eigenvalue weighted by atomic mass is 9.99. The standard InChI is InChI=1S/C17H10BrCl2F3O/c1-9-4-11(18)2-3-14(9)16(24)8-15(17(21,22)23)10-5-12(19)7-13(20)6-10/h2-8H,1H3/b15-8+. The molecule has 2 aromatic carbocycles. The van der Waals surface area contributed by atoms with Crippen molar-refractivity contribution in [3.8, 4) is 0 Å². The first-order valence-corrected chi connectivity index (χ1v) is 8.18. The molecule has 24 heavy (non-hydrogen) atoms. The molecule has 1 nitrogen and oxygen atoms in total. The number of hydrogen-bond acceptors (Lipinski definition) is 1. The zero-order valence-electron chi connectivity index (χ0n) is 12.2. The fraction of sp³-hybridized carbons (Fsp3) is 0.118. The normalized spacial score (nSPS) is 12.4. The van der Waals surface area contributed by atoms with Crippen molar-refractivity contribution >= 4 is 50.5 Å². The van der Waals surface area contributed by atoms with Crippen molar-refractivity contribution < 1.29 is 18.0 Å². The number of ketones is 1. The first-order chi connectivity index (χ1) is 11.1.